The second-order valence-electron chi connectivity index (χ2n) is 4.73. The average molecular weight is 365 g/mol. The molecule has 0 aliphatic carbocycles. The molecule has 134 valence electrons. The van der Waals surface area contributed by atoms with E-state index in [2.05, 4.69) is 14.7 Å². The molecule has 2 aromatic rings. The molecule has 0 aliphatic rings. The molecular formula is C14H9F6N3O2. The molecule has 2 rings (SSSR count). The van der Waals surface area contributed by atoms with E-state index < -0.39 is 35.8 Å². The van der Waals surface area contributed by atoms with Crippen LogP contribution in [0.3, 0.4) is 0 Å². The number of esters is 1. The number of pyridine rings is 2. The number of alkyl halides is 6. The minimum atomic E-state index is -5.33. The predicted octanol–water partition coefficient (Wildman–Crippen LogP) is 3.23. The van der Waals surface area contributed by atoms with Crippen LogP contribution in [0.5, 0.6) is 0 Å². The Balaban J connectivity index is 2.45. The SMILES string of the molecule is NC(OC(=O)C(F)(F)F)c1cc(-c2cccnc2)nc(C(F)(F)F)c1. The average Bonchev–Trinajstić information content (AvgIpc) is 2.53. The summed E-state index contributed by atoms with van der Waals surface area (Å²) >= 11 is 0. The normalized spacial score (nSPS) is 13.4. The summed E-state index contributed by atoms with van der Waals surface area (Å²) in [5.41, 5.74) is 3.33. The number of hydrogen-bond acceptors (Lipinski definition) is 5. The fraction of sp³-hybridized carbons (Fsp3) is 0.214. The number of hydrogen-bond donors (Lipinski definition) is 1. The monoisotopic (exact) mass is 365 g/mol. The first-order valence-electron chi connectivity index (χ1n) is 6.51. The van der Waals surface area contributed by atoms with Crippen molar-refractivity contribution in [2.24, 2.45) is 5.73 Å². The lowest BCUT2D eigenvalue weighted by Crippen LogP contribution is -2.30. The van der Waals surface area contributed by atoms with Crippen LogP contribution in [0.4, 0.5) is 26.3 Å². The van der Waals surface area contributed by atoms with Crippen LogP contribution in [-0.2, 0) is 15.7 Å². The number of nitrogens with zero attached hydrogens (tertiary/aromatic N) is 2. The molecule has 1 unspecified atom stereocenters. The number of ether oxygens (including phenoxy) is 1. The van der Waals surface area contributed by atoms with Gasteiger partial charge in [0.1, 0.15) is 5.69 Å². The van der Waals surface area contributed by atoms with Crippen LogP contribution in [0.25, 0.3) is 11.3 Å². The standard InChI is InChI=1S/C14H9F6N3O2/c15-13(16,17)10-5-8(11(21)25-12(24)14(18,19)20)4-9(23-10)7-2-1-3-22-6-7/h1-6,11H,21H2. The van der Waals surface area contributed by atoms with Crippen molar-refractivity contribution < 1.29 is 35.9 Å². The summed E-state index contributed by atoms with van der Waals surface area (Å²) in [5.74, 6) is -2.62. The van der Waals surface area contributed by atoms with Crippen molar-refractivity contribution in [3.05, 3.63) is 47.9 Å². The fourth-order valence-electron chi connectivity index (χ4n) is 1.77. The molecule has 11 heteroatoms. The van der Waals surface area contributed by atoms with E-state index in [0.717, 1.165) is 6.07 Å². The number of halogens is 6. The third kappa shape index (κ3) is 4.66. The molecule has 1 atom stereocenters. The molecule has 2 heterocycles. The molecule has 0 aromatic carbocycles. The van der Waals surface area contributed by atoms with Gasteiger partial charge < -0.3 is 4.74 Å². The van der Waals surface area contributed by atoms with Gasteiger partial charge in [0.2, 0.25) is 0 Å². The Hall–Kier alpha value is -2.69. The van der Waals surface area contributed by atoms with E-state index in [1.807, 2.05) is 0 Å². The predicted molar refractivity (Wildman–Crippen MR) is 71.5 cm³/mol. The van der Waals surface area contributed by atoms with Crippen LogP contribution in [-0.4, -0.2) is 22.1 Å². The molecule has 5 nitrogen and oxygen atoms in total. The summed E-state index contributed by atoms with van der Waals surface area (Å²) in [4.78, 5) is 17.9. The molecular weight excluding hydrogens is 356 g/mol. The van der Waals surface area contributed by atoms with Gasteiger partial charge in [-0.15, -0.1) is 0 Å². The van der Waals surface area contributed by atoms with Crippen molar-refractivity contribution in [3.63, 3.8) is 0 Å². The Morgan fingerprint density at radius 2 is 1.84 bits per heavy atom. The summed E-state index contributed by atoms with van der Waals surface area (Å²) in [6.07, 6.45) is -9.70. The van der Waals surface area contributed by atoms with Crippen LogP contribution in [0, 0.1) is 0 Å². The van der Waals surface area contributed by atoms with Gasteiger partial charge in [0, 0.05) is 23.5 Å². The Morgan fingerprint density at radius 3 is 2.36 bits per heavy atom. The fourth-order valence-corrected chi connectivity index (χ4v) is 1.77. The highest BCUT2D eigenvalue weighted by Crippen LogP contribution is 2.32. The van der Waals surface area contributed by atoms with E-state index in [1.54, 1.807) is 0 Å². The number of nitrogens with two attached hydrogens (primary N) is 1. The first-order valence-corrected chi connectivity index (χ1v) is 6.51. The Morgan fingerprint density at radius 1 is 1.16 bits per heavy atom. The highest BCUT2D eigenvalue weighted by Gasteiger charge is 2.42. The van der Waals surface area contributed by atoms with E-state index in [9.17, 15) is 31.1 Å². The molecule has 0 fully saturated rings. The molecule has 2 aromatic heterocycles. The van der Waals surface area contributed by atoms with Crippen molar-refractivity contribution in [3.8, 4) is 11.3 Å². The van der Waals surface area contributed by atoms with Crippen LogP contribution in [0.15, 0.2) is 36.7 Å². The third-order valence-electron chi connectivity index (χ3n) is 2.89. The third-order valence-corrected chi connectivity index (χ3v) is 2.89. The van der Waals surface area contributed by atoms with E-state index in [4.69, 9.17) is 5.73 Å². The van der Waals surface area contributed by atoms with E-state index in [-0.39, 0.29) is 11.3 Å². The molecule has 0 saturated heterocycles. The molecule has 0 saturated carbocycles. The van der Waals surface area contributed by atoms with Crippen molar-refractivity contribution in [1.29, 1.82) is 0 Å². The highest BCUT2D eigenvalue weighted by atomic mass is 19.4. The van der Waals surface area contributed by atoms with Crippen LogP contribution >= 0.6 is 0 Å². The van der Waals surface area contributed by atoms with Gasteiger partial charge in [-0.05, 0) is 24.3 Å². The highest BCUT2D eigenvalue weighted by molar-refractivity contribution is 5.76. The zero-order chi connectivity index (χ0) is 18.8. The smallest absolute Gasteiger partial charge is 0.436 e. The van der Waals surface area contributed by atoms with Gasteiger partial charge in [0.15, 0.2) is 6.23 Å². The van der Waals surface area contributed by atoms with E-state index in [1.165, 1.54) is 24.5 Å². The van der Waals surface area contributed by atoms with Crippen LogP contribution in [0.2, 0.25) is 0 Å². The molecule has 2 N–H and O–H groups in total. The number of carbonyl (C=O) groups is 1. The molecule has 0 spiro atoms. The van der Waals surface area contributed by atoms with Crippen molar-refractivity contribution in [2.75, 3.05) is 0 Å². The maximum Gasteiger partial charge on any atom is 0.490 e. The van der Waals surface area contributed by atoms with Gasteiger partial charge in [-0.3, -0.25) is 10.7 Å². The Bertz CT molecular complexity index is 761. The summed E-state index contributed by atoms with van der Waals surface area (Å²) < 4.78 is 79.5. The van der Waals surface area contributed by atoms with E-state index in [0.29, 0.717) is 6.07 Å². The van der Waals surface area contributed by atoms with Crippen molar-refractivity contribution in [1.82, 2.24) is 9.97 Å². The topological polar surface area (TPSA) is 78.1 Å². The lowest BCUT2D eigenvalue weighted by molar-refractivity contribution is -0.205. The van der Waals surface area contributed by atoms with Gasteiger partial charge in [-0.1, -0.05) is 0 Å². The maximum atomic E-state index is 13.0. The zero-order valence-electron chi connectivity index (χ0n) is 12.1. The van der Waals surface area contributed by atoms with Gasteiger partial charge >= 0.3 is 18.3 Å². The molecule has 0 aliphatic heterocycles. The summed E-state index contributed by atoms with van der Waals surface area (Å²) in [6.45, 7) is 0. The van der Waals surface area contributed by atoms with Crippen molar-refractivity contribution >= 4 is 5.97 Å². The van der Waals surface area contributed by atoms with Gasteiger partial charge in [0.05, 0.1) is 5.69 Å². The number of aromatic nitrogens is 2. The largest absolute Gasteiger partial charge is 0.490 e. The Labute approximate surface area is 136 Å². The van der Waals surface area contributed by atoms with Gasteiger partial charge in [-0.25, -0.2) is 9.78 Å². The van der Waals surface area contributed by atoms with Gasteiger partial charge in [0.25, 0.3) is 0 Å². The second kappa shape index (κ2) is 6.67. The van der Waals surface area contributed by atoms with Crippen LogP contribution < -0.4 is 5.73 Å². The summed E-state index contributed by atoms with van der Waals surface area (Å²) in [7, 11) is 0. The summed E-state index contributed by atoms with van der Waals surface area (Å²) in [5, 5.41) is 0. The van der Waals surface area contributed by atoms with Crippen LogP contribution in [0.1, 0.15) is 17.5 Å². The first kappa shape index (κ1) is 18.6. The molecule has 0 bridgehead atoms. The quantitative estimate of drug-likeness (QED) is 0.513. The van der Waals surface area contributed by atoms with Crippen molar-refractivity contribution in [2.45, 2.75) is 18.6 Å². The molecule has 25 heavy (non-hydrogen) atoms. The lowest BCUT2D eigenvalue weighted by Gasteiger charge is -2.17. The zero-order valence-corrected chi connectivity index (χ0v) is 12.1. The van der Waals surface area contributed by atoms with Gasteiger partial charge in [-0.2, -0.15) is 26.3 Å². The first-order chi connectivity index (χ1) is 11.5. The number of rotatable bonds is 3. The minimum Gasteiger partial charge on any atom is -0.436 e. The second-order valence-corrected chi connectivity index (χ2v) is 4.73. The lowest BCUT2D eigenvalue weighted by atomic mass is 10.1. The summed E-state index contributed by atoms with van der Waals surface area (Å²) in [6, 6.07) is 4.22. The minimum absolute atomic E-state index is 0.171. The van der Waals surface area contributed by atoms with E-state index >= 15 is 0 Å². The Kier molecular flexibility index (Phi) is 4.97. The molecule has 0 amide bonds. The molecule has 0 radical (unpaired) electrons. The number of carbonyl (C=O) groups excluding carboxylic acids is 1. The maximum absolute atomic E-state index is 13.0.